The fourth-order valence-corrected chi connectivity index (χ4v) is 9.57. The quantitative estimate of drug-likeness (QED) is 0.201. The van der Waals surface area contributed by atoms with Crippen LogP contribution in [0, 0.1) is 6.92 Å². The van der Waals surface area contributed by atoms with Crippen molar-refractivity contribution in [3.05, 3.63) is 173 Å². The second-order valence-corrected chi connectivity index (χ2v) is 14.8. The van der Waals surface area contributed by atoms with Crippen molar-refractivity contribution in [2.45, 2.75) is 62.8 Å². The van der Waals surface area contributed by atoms with Gasteiger partial charge in [-0.05, 0) is 90.4 Å². The second kappa shape index (κ2) is 10.9. The van der Waals surface area contributed by atoms with Crippen LogP contribution in [0.15, 0.2) is 140 Å². The summed E-state index contributed by atoms with van der Waals surface area (Å²) in [5.41, 5.74) is 13.6. The van der Waals surface area contributed by atoms with Crippen LogP contribution in [-0.2, 0) is 10.8 Å². The van der Waals surface area contributed by atoms with Crippen molar-refractivity contribution >= 4 is 22.7 Å². The van der Waals surface area contributed by atoms with Crippen molar-refractivity contribution in [3.63, 3.8) is 0 Å². The monoisotopic (exact) mass is 638 g/mol. The summed E-state index contributed by atoms with van der Waals surface area (Å²) in [6.07, 6.45) is 4.85. The van der Waals surface area contributed by atoms with Crippen LogP contribution >= 0.6 is 0 Å². The van der Waals surface area contributed by atoms with Crippen LogP contribution in [0.1, 0.15) is 72.9 Å². The first kappa shape index (κ1) is 29.8. The molecule has 0 spiro atoms. The average molecular weight is 639 g/mol. The number of para-hydroxylation sites is 2. The van der Waals surface area contributed by atoms with E-state index in [1.165, 1.54) is 58.3 Å². The minimum atomic E-state index is -0.533. The number of hydrogen-bond donors (Lipinski definition) is 2. The molecule has 2 N–H and O–H groups in total. The number of phenols is 1. The zero-order valence-corrected chi connectivity index (χ0v) is 28.5. The van der Waals surface area contributed by atoms with Crippen LogP contribution in [0.25, 0.3) is 11.1 Å². The van der Waals surface area contributed by atoms with E-state index in [2.05, 4.69) is 158 Å². The van der Waals surface area contributed by atoms with Gasteiger partial charge in [-0.15, -0.1) is 0 Å². The van der Waals surface area contributed by atoms with E-state index in [9.17, 15) is 5.11 Å². The van der Waals surface area contributed by atoms with Crippen molar-refractivity contribution in [3.8, 4) is 16.9 Å². The van der Waals surface area contributed by atoms with Crippen molar-refractivity contribution in [1.29, 1.82) is 0 Å². The van der Waals surface area contributed by atoms with Gasteiger partial charge in [0.1, 0.15) is 5.75 Å². The highest BCUT2D eigenvalue weighted by Crippen LogP contribution is 2.60. The molecule has 2 unspecified atom stereocenters. The SMILES string of the molecule is Cc1cc(-c2cc(O)cc(N3c4ccccc4C(c4ccccc4)(c4ccccc4)c4ccccc43)c2)c2c(c1)C1(C)CCCCC1(C)N2. The molecule has 0 saturated heterocycles. The number of aromatic hydroxyl groups is 1. The number of anilines is 4. The molecule has 1 fully saturated rings. The van der Waals surface area contributed by atoms with E-state index in [4.69, 9.17) is 0 Å². The summed E-state index contributed by atoms with van der Waals surface area (Å²) in [5.74, 6) is 0.258. The van der Waals surface area contributed by atoms with Gasteiger partial charge in [-0.2, -0.15) is 0 Å². The molecule has 3 nitrogen and oxygen atoms in total. The predicted molar refractivity (Wildman–Crippen MR) is 203 cm³/mol. The first-order valence-corrected chi connectivity index (χ1v) is 17.7. The topological polar surface area (TPSA) is 35.5 Å². The Morgan fingerprint density at radius 2 is 1.18 bits per heavy atom. The van der Waals surface area contributed by atoms with Crippen molar-refractivity contribution in [1.82, 2.24) is 0 Å². The molecule has 6 aromatic carbocycles. The maximum atomic E-state index is 11.5. The maximum absolute atomic E-state index is 11.5. The Morgan fingerprint density at radius 1 is 0.612 bits per heavy atom. The minimum Gasteiger partial charge on any atom is -0.508 e. The average Bonchev–Trinajstić information content (AvgIpc) is 3.37. The van der Waals surface area contributed by atoms with Gasteiger partial charge in [-0.1, -0.05) is 128 Å². The van der Waals surface area contributed by atoms with E-state index in [1.54, 1.807) is 0 Å². The van der Waals surface area contributed by atoms with E-state index >= 15 is 0 Å². The highest BCUT2D eigenvalue weighted by atomic mass is 16.3. The van der Waals surface area contributed by atoms with E-state index in [0.717, 1.165) is 34.6 Å². The first-order chi connectivity index (χ1) is 23.8. The molecule has 2 heterocycles. The molecule has 2 atom stereocenters. The van der Waals surface area contributed by atoms with Gasteiger partial charge in [0.2, 0.25) is 0 Å². The summed E-state index contributed by atoms with van der Waals surface area (Å²) < 4.78 is 0. The summed E-state index contributed by atoms with van der Waals surface area (Å²) in [7, 11) is 0. The summed E-state index contributed by atoms with van der Waals surface area (Å²) >= 11 is 0. The van der Waals surface area contributed by atoms with E-state index in [0.29, 0.717) is 0 Å². The summed E-state index contributed by atoms with van der Waals surface area (Å²) in [4.78, 5) is 2.35. The maximum Gasteiger partial charge on any atom is 0.118 e. The fourth-order valence-electron chi connectivity index (χ4n) is 9.57. The number of hydrogen-bond acceptors (Lipinski definition) is 3. The molecule has 9 rings (SSSR count). The van der Waals surface area contributed by atoms with E-state index < -0.39 is 5.41 Å². The van der Waals surface area contributed by atoms with Crippen molar-refractivity contribution < 1.29 is 5.11 Å². The summed E-state index contributed by atoms with van der Waals surface area (Å²) in [5, 5.41) is 15.6. The second-order valence-electron chi connectivity index (χ2n) is 14.8. The van der Waals surface area contributed by atoms with Crippen LogP contribution in [0.2, 0.25) is 0 Å². The smallest absolute Gasteiger partial charge is 0.118 e. The molecular weight excluding hydrogens is 597 g/mol. The Morgan fingerprint density at radius 3 is 1.82 bits per heavy atom. The number of rotatable bonds is 4. The summed E-state index contributed by atoms with van der Waals surface area (Å²) in [6, 6.07) is 50.2. The number of benzene rings is 6. The number of nitrogens with one attached hydrogen (secondary N) is 1. The molecule has 3 heteroatoms. The highest BCUT2D eigenvalue weighted by Gasteiger charge is 2.53. The van der Waals surface area contributed by atoms with Crippen LogP contribution in [0.3, 0.4) is 0 Å². The normalized spacial score (nSPS) is 21.6. The lowest BCUT2D eigenvalue weighted by Gasteiger charge is -2.46. The third-order valence-electron chi connectivity index (χ3n) is 12.1. The number of aryl methyl sites for hydroxylation is 1. The molecule has 2 aliphatic heterocycles. The Labute approximate surface area is 289 Å². The molecule has 0 radical (unpaired) electrons. The lowest BCUT2D eigenvalue weighted by atomic mass is 9.62. The van der Waals surface area contributed by atoms with E-state index in [1.807, 2.05) is 12.1 Å². The number of fused-ring (bicyclic) bond motifs is 5. The van der Waals surface area contributed by atoms with Gasteiger partial charge in [0.25, 0.3) is 0 Å². The van der Waals surface area contributed by atoms with Gasteiger partial charge >= 0.3 is 0 Å². The molecule has 1 saturated carbocycles. The molecular formula is C46H42N2O. The molecule has 49 heavy (non-hydrogen) atoms. The Kier molecular flexibility index (Phi) is 6.61. The van der Waals surface area contributed by atoms with Crippen LogP contribution < -0.4 is 10.2 Å². The zero-order chi connectivity index (χ0) is 33.4. The zero-order valence-electron chi connectivity index (χ0n) is 28.5. The highest BCUT2D eigenvalue weighted by molar-refractivity contribution is 5.93. The fraction of sp³-hybridized carbons (Fsp3) is 0.217. The lowest BCUT2D eigenvalue weighted by Crippen LogP contribution is -2.50. The number of phenolic OH excluding ortho intramolecular Hbond substituents is 1. The van der Waals surface area contributed by atoms with E-state index in [-0.39, 0.29) is 16.7 Å². The standard InChI is InChI=1S/C46H42N2O/c1-31-26-37(43-40(27-31)44(2)24-14-15-25-45(44,3)47-43)32-28-35(30-36(49)29-32)48-41-22-12-10-20-38(41)46(33-16-6-4-7-17-33,34-18-8-5-9-19-34)39-21-11-13-23-42(39)48/h4-13,16-23,26-30,47,49H,14-15,24-25H2,1-3H3. The van der Waals surface area contributed by atoms with Gasteiger partial charge in [0, 0.05) is 28.3 Å². The van der Waals surface area contributed by atoms with Crippen molar-refractivity contribution in [2.24, 2.45) is 0 Å². The van der Waals surface area contributed by atoms with Gasteiger partial charge in [0.05, 0.1) is 22.5 Å². The molecule has 0 amide bonds. The van der Waals surface area contributed by atoms with Gasteiger partial charge < -0.3 is 15.3 Å². The minimum absolute atomic E-state index is 0.0126. The van der Waals surface area contributed by atoms with Crippen LogP contribution in [0.5, 0.6) is 5.75 Å². The van der Waals surface area contributed by atoms with Crippen molar-refractivity contribution in [2.75, 3.05) is 10.2 Å². The molecule has 0 bridgehead atoms. The van der Waals surface area contributed by atoms with Gasteiger partial charge in [-0.3, -0.25) is 0 Å². The predicted octanol–water partition coefficient (Wildman–Crippen LogP) is 11.5. The molecule has 6 aromatic rings. The Hall–Kier alpha value is -5.28. The molecule has 242 valence electrons. The largest absolute Gasteiger partial charge is 0.508 e. The molecule has 3 aliphatic rings. The van der Waals surface area contributed by atoms with Crippen LogP contribution in [0.4, 0.5) is 22.7 Å². The Bertz CT molecular complexity index is 2140. The summed E-state index contributed by atoms with van der Waals surface area (Å²) in [6.45, 7) is 7.07. The molecule has 0 aromatic heterocycles. The first-order valence-electron chi connectivity index (χ1n) is 17.7. The number of nitrogens with zero attached hydrogens (tertiary/aromatic N) is 1. The molecule has 1 aliphatic carbocycles. The third-order valence-corrected chi connectivity index (χ3v) is 12.1. The van der Waals surface area contributed by atoms with Gasteiger partial charge in [0.15, 0.2) is 0 Å². The lowest BCUT2D eigenvalue weighted by molar-refractivity contribution is 0.214. The third kappa shape index (κ3) is 4.21. The Balaban J connectivity index is 1.28. The van der Waals surface area contributed by atoms with Gasteiger partial charge in [-0.25, -0.2) is 0 Å². The van der Waals surface area contributed by atoms with Crippen LogP contribution in [-0.4, -0.2) is 10.6 Å².